The van der Waals surface area contributed by atoms with E-state index in [9.17, 15) is 19.7 Å². The molecule has 1 atom stereocenters. The molecule has 1 amide bonds. The van der Waals surface area contributed by atoms with E-state index in [1.165, 1.54) is 0 Å². The monoisotopic (exact) mass is 294 g/mol. The molecule has 0 aromatic carbocycles. The van der Waals surface area contributed by atoms with Crippen LogP contribution in [0, 0.1) is 15.5 Å². The molecule has 0 aliphatic carbocycles. The van der Waals surface area contributed by atoms with Crippen molar-refractivity contribution in [3.63, 3.8) is 0 Å². The summed E-state index contributed by atoms with van der Waals surface area (Å²) in [5, 5.41) is 19.8. The van der Waals surface area contributed by atoms with Crippen LogP contribution in [0.25, 0.3) is 0 Å². The van der Waals surface area contributed by atoms with Crippen molar-refractivity contribution in [2.45, 2.75) is 13.3 Å². The zero-order valence-electron chi connectivity index (χ0n) is 11.3. The SMILES string of the molecule is CC1(C(N)=O)CCN(c2cc(C(=O)O)c([N+](=O)[O-])cn2)C1. The van der Waals surface area contributed by atoms with Gasteiger partial charge in [-0.1, -0.05) is 0 Å². The summed E-state index contributed by atoms with van der Waals surface area (Å²) in [7, 11) is 0. The Morgan fingerprint density at radius 2 is 2.24 bits per heavy atom. The number of carbonyl (C=O) groups excluding carboxylic acids is 1. The topological polar surface area (TPSA) is 140 Å². The first-order valence-corrected chi connectivity index (χ1v) is 6.17. The fourth-order valence-electron chi connectivity index (χ4n) is 2.28. The summed E-state index contributed by atoms with van der Waals surface area (Å²) in [6.07, 6.45) is 1.43. The van der Waals surface area contributed by atoms with Gasteiger partial charge in [0.1, 0.15) is 17.6 Å². The van der Waals surface area contributed by atoms with Crippen molar-refractivity contribution in [2.75, 3.05) is 18.0 Å². The summed E-state index contributed by atoms with van der Waals surface area (Å²) in [6, 6.07) is 1.15. The number of rotatable bonds is 4. The third-order valence-electron chi connectivity index (χ3n) is 3.69. The van der Waals surface area contributed by atoms with Gasteiger partial charge in [0.2, 0.25) is 5.91 Å². The lowest BCUT2D eigenvalue weighted by Gasteiger charge is -2.21. The molecule has 2 rings (SSSR count). The number of aromatic carboxylic acids is 1. The third kappa shape index (κ3) is 2.62. The molecule has 0 radical (unpaired) electrons. The van der Waals surface area contributed by atoms with E-state index in [2.05, 4.69) is 4.98 Å². The molecule has 0 bridgehead atoms. The van der Waals surface area contributed by atoms with E-state index in [1.54, 1.807) is 11.8 Å². The second-order valence-corrected chi connectivity index (χ2v) is 5.22. The Hall–Kier alpha value is -2.71. The standard InChI is InChI=1S/C12H14N4O5/c1-12(11(13)19)2-3-15(6-12)9-4-7(10(17)18)8(5-14-9)16(20)21/h4-5H,2-3,6H2,1H3,(H2,13,19)(H,17,18). The molecule has 112 valence electrons. The van der Waals surface area contributed by atoms with Crippen LogP contribution in [0.2, 0.25) is 0 Å². The van der Waals surface area contributed by atoms with Gasteiger partial charge in [-0.05, 0) is 13.3 Å². The molecule has 1 aliphatic heterocycles. The Bertz CT molecular complexity index is 632. The minimum atomic E-state index is -1.40. The second-order valence-electron chi connectivity index (χ2n) is 5.22. The van der Waals surface area contributed by atoms with Crippen molar-refractivity contribution in [1.82, 2.24) is 4.98 Å². The first-order valence-electron chi connectivity index (χ1n) is 6.17. The van der Waals surface area contributed by atoms with E-state index in [4.69, 9.17) is 10.8 Å². The number of pyridine rings is 1. The largest absolute Gasteiger partial charge is 0.477 e. The van der Waals surface area contributed by atoms with E-state index in [1.807, 2.05) is 0 Å². The van der Waals surface area contributed by atoms with E-state index in [0.717, 1.165) is 12.3 Å². The number of carboxylic acid groups (broad SMARTS) is 1. The molecule has 1 saturated heterocycles. The maximum atomic E-state index is 11.4. The van der Waals surface area contributed by atoms with Crippen molar-refractivity contribution in [2.24, 2.45) is 11.1 Å². The van der Waals surface area contributed by atoms with Crippen LogP contribution in [0.5, 0.6) is 0 Å². The predicted octanol–water partition coefficient (Wildman–Crippen LogP) is 0.390. The van der Waals surface area contributed by atoms with Crippen LogP contribution in [-0.2, 0) is 4.79 Å². The molecule has 21 heavy (non-hydrogen) atoms. The van der Waals surface area contributed by atoms with Crippen LogP contribution in [0.3, 0.4) is 0 Å². The Balaban J connectivity index is 2.35. The highest BCUT2D eigenvalue weighted by molar-refractivity contribution is 5.93. The fraction of sp³-hybridized carbons (Fsp3) is 0.417. The van der Waals surface area contributed by atoms with Crippen LogP contribution in [0.4, 0.5) is 11.5 Å². The molecule has 1 unspecified atom stereocenters. The molecular weight excluding hydrogens is 280 g/mol. The first kappa shape index (κ1) is 14.7. The third-order valence-corrected chi connectivity index (χ3v) is 3.69. The van der Waals surface area contributed by atoms with Crippen molar-refractivity contribution in [1.29, 1.82) is 0 Å². The van der Waals surface area contributed by atoms with Crippen molar-refractivity contribution in [3.8, 4) is 0 Å². The van der Waals surface area contributed by atoms with Gasteiger partial charge >= 0.3 is 11.7 Å². The Morgan fingerprint density at radius 1 is 1.57 bits per heavy atom. The van der Waals surface area contributed by atoms with Crippen LogP contribution in [0.15, 0.2) is 12.3 Å². The van der Waals surface area contributed by atoms with Gasteiger partial charge in [0.05, 0.1) is 10.3 Å². The number of nitro groups is 1. The van der Waals surface area contributed by atoms with Crippen molar-refractivity contribution >= 4 is 23.4 Å². The lowest BCUT2D eigenvalue weighted by molar-refractivity contribution is -0.385. The van der Waals surface area contributed by atoms with Gasteiger partial charge in [-0.2, -0.15) is 0 Å². The molecule has 2 heterocycles. The van der Waals surface area contributed by atoms with Gasteiger partial charge < -0.3 is 15.7 Å². The van der Waals surface area contributed by atoms with Gasteiger partial charge in [0.25, 0.3) is 0 Å². The summed E-state index contributed by atoms with van der Waals surface area (Å²) < 4.78 is 0. The average molecular weight is 294 g/mol. The smallest absolute Gasteiger partial charge is 0.342 e. The van der Waals surface area contributed by atoms with E-state index < -0.39 is 33.5 Å². The minimum absolute atomic E-state index is 0.281. The van der Waals surface area contributed by atoms with Crippen LogP contribution in [-0.4, -0.2) is 40.0 Å². The normalized spacial score (nSPS) is 21.3. The number of nitrogens with two attached hydrogens (primary N) is 1. The predicted molar refractivity (Wildman–Crippen MR) is 72.0 cm³/mol. The number of amides is 1. The van der Waals surface area contributed by atoms with E-state index in [0.29, 0.717) is 19.5 Å². The van der Waals surface area contributed by atoms with E-state index >= 15 is 0 Å². The van der Waals surface area contributed by atoms with Crippen LogP contribution < -0.4 is 10.6 Å². The lowest BCUT2D eigenvalue weighted by atomic mass is 9.89. The molecule has 0 saturated carbocycles. The number of hydrogen-bond acceptors (Lipinski definition) is 6. The van der Waals surface area contributed by atoms with Gasteiger partial charge in [-0.25, -0.2) is 9.78 Å². The molecule has 1 fully saturated rings. The number of carboxylic acids is 1. The summed E-state index contributed by atoms with van der Waals surface area (Å²) in [5.41, 5.74) is 3.63. The highest BCUT2D eigenvalue weighted by atomic mass is 16.6. The molecule has 3 N–H and O–H groups in total. The minimum Gasteiger partial charge on any atom is -0.477 e. The van der Waals surface area contributed by atoms with Crippen molar-refractivity contribution in [3.05, 3.63) is 27.9 Å². The maximum Gasteiger partial charge on any atom is 0.342 e. The average Bonchev–Trinajstić information content (AvgIpc) is 2.82. The molecular formula is C12H14N4O5. The number of nitrogens with zero attached hydrogens (tertiary/aromatic N) is 3. The summed E-state index contributed by atoms with van der Waals surface area (Å²) in [4.78, 5) is 38.1. The number of aromatic nitrogens is 1. The van der Waals surface area contributed by atoms with Gasteiger partial charge in [-0.3, -0.25) is 14.9 Å². The second kappa shape index (κ2) is 5.00. The number of hydrogen-bond donors (Lipinski definition) is 2. The first-order chi connectivity index (χ1) is 9.74. The van der Waals surface area contributed by atoms with Crippen molar-refractivity contribution < 1.29 is 19.6 Å². The summed E-state index contributed by atoms with van der Waals surface area (Å²) in [6.45, 7) is 2.49. The summed E-state index contributed by atoms with van der Waals surface area (Å²) in [5.74, 6) is -1.56. The van der Waals surface area contributed by atoms with Gasteiger partial charge in [0, 0.05) is 19.2 Å². The number of carbonyl (C=O) groups is 2. The molecule has 0 spiro atoms. The molecule has 1 aromatic rings. The van der Waals surface area contributed by atoms with Crippen LogP contribution in [0.1, 0.15) is 23.7 Å². The summed E-state index contributed by atoms with van der Waals surface area (Å²) >= 11 is 0. The van der Waals surface area contributed by atoms with E-state index in [-0.39, 0.29) is 5.82 Å². The maximum absolute atomic E-state index is 11.4. The Morgan fingerprint density at radius 3 is 2.71 bits per heavy atom. The molecule has 1 aliphatic rings. The number of anilines is 1. The quantitative estimate of drug-likeness (QED) is 0.604. The Labute approximate surface area is 119 Å². The highest BCUT2D eigenvalue weighted by Crippen LogP contribution is 2.33. The zero-order valence-corrected chi connectivity index (χ0v) is 11.3. The number of primary amides is 1. The molecule has 9 nitrogen and oxygen atoms in total. The zero-order chi connectivity index (χ0) is 15.8. The lowest BCUT2D eigenvalue weighted by Crippen LogP contribution is -2.37. The fourth-order valence-corrected chi connectivity index (χ4v) is 2.28. The van der Waals surface area contributed by atoms with Gasteiger partial charge in [0.15, 0.2) is 0 Å². The molecule has 9 heteroatoms. The van der Waals surface area contributed by atoms with Gasteiger partial charge in [-0.15, -0.1) is 0 Å². The molecule has 1 aromatic heterocycles. The highest BCUT2D eigenvalue weighted by Gasteiger charge is 2.39. The Kier molecular flexibility index (Phi) is 3.50. The van der Waals surface area contributed by atoms with Crippen LogP contribution >= 0.6 is 0 Å².